The number of piperazine rings is 1. The molecule has 0 aliphatic carbocycles. The number of nitrogens with zero attached hydrogens (tertiary/aromatic N) is 6. The summed E-state index contributed by atoms with van der Waals surface area (Å²) in [5.41, 5.74) is 3.24. The van der Waals surface area contributed by atoms with E-state index in [1.165, 1.54) is 0 Å². The number of nitrogens with one attached hydrogen (secondary N) is 2. The van der Waals surface area contributed by atoms with E-state index in [2.05, 4.69) is 42.5 Å². The smallest absolute Gasteiger partial charge is 0.255 e. The van der Waals surface area contributed by atoms with Gasteiger partial charge in [0.25, 0.3) is 5.91 Å². The fourth-order valence-electron chi connectivity index (χ4n) is 3.44. The minimum atomic E-state index is -0.165. The largest absolute Gasteiger partial charge is 0.346 e. The molecule has 2 aromatic heterocycles. The number of hydrogen-bond donors (Lipinski definition) is 2. The van der Waals surface area contributed by atoms with E-state index in [0.29, 0.717) is 23.8 Å². The molecule has 29 heavy (non-hydrogen) atoms. The molecule has 2 aliphatic rings. The van der Waals surface area contributed by atoms with Crippen LogP contribution < -0.4 is 15.5 Å². The number of fused-ring (bicyclic) bond motifs is 1. The lowest BCUT2D eigenvalue weighted by molar-refractivity contribution is 0.0949. The maximum absolute atomic E-state index is 12.6. The molecule has 2 N–H and O–H groups in total. The van der Waals surface area contributed by atoms with Gasteiger partial charge in [-0.1, -0.05) is 0 Å². The SMILES string of the molecule is Cc1nc(N2CCN(C)CC2)ncc1C(=O)NCc1cc2n(n1)CCNC2.Cl.Cl. The second-order valence-electron chi connectivity index (χ2n) is 7.17. The highest BCUT2D eigenvalue weighted by atomic mass is 35.5. The highest BCUT2D eigenvalue weighted by molar-refractivity contribution is 5.94. The first kappa shape index (κ1) is 23.3. The van der Waals surface area contributed by atoms with Crippen LogP contribution in [0.3, 0.4) is 0 Å². The summed E-state index contributed by atoms with van der Waals surface area (Å²) >= 11 is 0. The lowest BCUT2D eigenvalue weighted by atomic mass is 10.2. The Bertz CT molecular complexity index is 812. The third kappa shape index (κ3) is 5.36. The maximum atomic E-state index is 12.6. The summed E-state index contributed by atoms with van der Waals surface area (Å²) in [5, 5.41) is 10.8. The molecule has 160 valence electrons. The third-order valence-electron chi connectivity index (χ3n) is 5.15. The van der Waals surface area contributed by atoms with Gasteiger partial charge in [-0.05, 0) is 20.0 Å². The molecule has 0 atom stereocenters. The number of carbonyl (C=O) groups excluding carboxylic acids is 1. The fraction of sp³-hybridized carbons (Fsp3) is 0.556. The molecule has 4 heterocycles. The molecule has 1 saturated heterocycles. The zero-order chi connectivity index (χ0) is 18.8. The quantitative estimate of drug-likeness (QED) is 0.716. The van der Waals surface area contributed by atoms with Crippen LogP contribution in [0.4, 0.5) is 5.95 Å². The number of aromatic nitrogens is 4. The Balaban J connectivity index is 0.00000150. The molecule has 2 aromatic rings. The van der Waals surface area contributed by atoms with E-state index >= 15 is 0 Å². The lowest BCUT2D eigenvalue weighted by Crippen LogP contribution is -2.45. The molecular formula is C18H28Cl2N8O. The number of aryl methyl sites for hydroxylation is 1. The van der Waals surface area contributed by atoms with Gasteiger partial charge < -0.3 is 20.4 Å². The summed E-state index contributed by atoms with van der Waals surface area (Å²) in [6.07, 6.45) is 1.63. The number of carbonyl (C=O) groups is 1. The summed E-state index contributed by atoms with van der Waals surface area (Å²) in [5.74, 6) is 0.535. The van der Waals surface area contributed by atoms with E-state index in [1.54, 1.807) is 6.20 Å². The molecule has 0 spiro atoms. The summed E-state index contributed by atoms with van der Waals surface area (Å²) in [6, 6.07) is 2.03. The van der Waals surface area contributed by atoms with Crippen molar-refractivity contribution in [3.63, 3.8) is 0 Å². The normalized spacial score (nSPS) is 16.4. The van der Waals surface area contributed by atoms with Crippen molar-refractivity contribution >= 4 is 36.7 Å². The molecular weight excluding hydrogens is 415 g/mol. The van der Waals surface area contributed by atoms with Gasteiger partial charge in [-0.15, -0.1) is 24.8 Å². The predicted octanol–water partition coefficient (Wildman–Crippen LogP) is 0.610. The Labute approximate surface area is 183 Å². The van der Waals surface area contributed by atoms with E-state index in [0.717, 1.165) is 57.2 Å². The van der Waals surface area contributed by atoms with E-state index in [-0.39, 0.29) is 30.7 Å². The molecule has 0 bridgehead atoms. The third-order valence-corrected chi connectivity index (χ3v) is 5.15. The van der Waals surface area contributed by atoms with Gasteiger partial charge >= 0.3 is 0 Å². The average molecular weight is 443 g/mol. The minimum absolute atomic E-state index is 0. The first-order valence-electron chi connectivity index (χ1n) is 9.42. The molecule has 0 unspecified atom stereocenters. The van der Waals surface area contributed by atoms with Gasteiger partial charge in [0.2, 0.25) is 5.95 Å². The van der Waals surface area contributed by atoms with Crippen LogP contribution in [-0.4, -0.2) is 70.3 Å². The highest BCUT2D eigenvalue weighted by Crippen LogP contribution is 2.14. The van der Waals surface area contributed by atoms with Gasteiger partial charge in [-0.25, -0.2) is 9.97 Å². The summed E-state index contributed by atoms with van der Waals surface area (Å²) in [6.45, 7) is 8.67. The lowest BCUT2D eigenvalue weighted by Gasteiger charge is -2.32. The summed E-state index contributed by atoms with van der Waals surface area (Å²) in [4.78, 5) is 26.0. The molecule has 11 heteroatoms. The van der Waals surface area contributed by atoms with Crippen LogP contribution in [0.15, 0.2) is 12.3 Å². The molecule has 0 saturated carbocycles. The zero-order valence-electron chi connectivity index (χ0n) is 16.7. The molecule has 1 amide bonds. The first-order chi connectivity index (χ1) is 13.1. The van der Waals surface area contributed by atoms with Gasteiger partial charge in [0, 0.05) is 45.5 Å². The van der Waals surface area contributed by atoms with Crippen LogP contribution in [-0.2, 0) is 19.6 Å². The number of amides is 1. The highest BCUT2D eigenvalue weighted by Gasteiger charge is 2.19. The van der Waals surface area contributed by atoms with Gasteiger partial charge in [0.1, 0.15) is 0 Å². The number of likely N-dealkylation sites (N-methyl/N-ethyl adjacent to an activating group) is 1. The molecule has 2 aliphatic heterocycles. The average Bonchev–Trinajstić information content (AvgIpc) is 3.09. The van der Waals surface area contributed by atoms with Gasteiger partial charge in [0.05, 0.1) is 35.7 Å². The predicted molar refractivity (Wildman–Crippen MR) is 116 cm³/mol. The van der Waals surface area contributed by atoms with Crippen LogP contribution in [0.5, 0.6) is 0 Å². The van der Waals surface area contributed by atoms with Crippen molar-refractivity contribution < 1.29 is 4.79 Å². The van der Waals surface area contributed by atoms with Crippen molar-refractivity contribution in [1.29, 1.82) is 0 Å². The van der Waals surface area contributed by atoms with Crippen LogP contribution in [0.2, 0.25) is 0 Å². The maximum Gasteiger partial charge on any atom is 0.255 e. The number of anilines is 1. The Morgan fingerprint density at radius 1 is 1.21 bits per heavy atom. The van der Waals surface area contributed by atoms with E-state index < -0.39 is 0 Å². The Hall–Kier alpha value is -1.94. The van der Waals surface area contributed by atoms with Crippen LogP contribution in [0.1, 0.15) is 27.4 Å². The standard InChI is InChI=1S/C18H26N8O.2ClH/c1-13-16(12-21-18(22-13)25-7-5-24(2)6-8-25)17(27)20-10-14-9-15-11-19-3-4-26(15)23-14;;/h9,12,19H,3-8,10-11H2,1-2H3,(H,20,27);2*1H. The minimum Gasteiger partial charge on any atom is -0.346 e. The van der Waals surface area contributed by atoms with Crippen molar-refractivity contribution in [1.82, 2.24) is 35.3 Å². The fourth-order valence-corrected chi connectivity index (χ4v) is 3.44. The number of halogens is 2. The number of hydrogen-bond acceptors (Lipinski definition) is 7. The Morgan fingerprint density at radius 3 is 2.66 bits per heavy atom. The molecule has 9 nitrogen and oxygen atoms in total. The van der Waals surface area contributed by atoms with Crippen molar-refractivity contribution in [2.45, 2.75) is 26.6 Å². The monoisotopic (exact) mass is 442 g/mol. The zero-order valence-corrected chi connectivity index (χ0v) is 18.4. The Kier molecular flexibility index (Phi) is 8.21. The molecule has 4 rings (SSSR count). The van der Waals surface area contributed by atoms with Crippen molar-refractivity contribution in [3.8, 4) is 0 Å². The second kappa shape index (κ2) is 10.2. The Morgan fingerprint density at radius 2 is 1.97 bits per heavy atom. The van der Waals surface area contributed by atoms with Crippen LogP contribution >= 0.6 is 24.8 Å². The van der Waals surface area contributed by atoms with E-state index in [1.807, 2.05) is 17.7 Å². The first-order valence-corrected chi connectivity index (χ1v) is 9.42. The number of rotatable bonds is 4. The van der Waals surface area contributed by atoms with E-state index in [9.17, 15) is 4.79 Å². The summed E-state index contributed by atoms with van der Waals surface area (Å²) in [7, 11) is 2.11. The van der Waals surface area contributed by atoms with Crippen LogP contribution in [0, 0.1) is 6.92 Å². The molecule has 1 fully saturated rings. The molecule has 0 radical (unpaired) electrons. The van der Waals surface area contributed by atoms with Crippen LogP contribution in [0.25, 0.3) is 0 Å². The van der Waals surface area contributed by atoms with Crippen molar-refractivity contribution in [3.05, 3.63) is 34.9 Å². The van der Waals surface area contributed by atoms with Crippen molar-refractivity contribution in [2.75, 3.05) is 44.7 Å². The second-order valence-corrected chi connectivity index (χ2v) is 7.17. The van der Waals surface area contributed by atoms with E-state index in [4.69, 9.17) is 0 Å². The van der Waals surface area contributed by atoms with Gasteiger partial charge in [-0.3, -0.25) is 9.48 Å². The van der Waals surface area contributed by atoms with Gasteiger partial charge in [0.15, 0.2) is 0 Å². The van der Waals surface area contributed by atoms with Gasteiger partial charge in [-0.2, -0.15) is 5.10 Å². The topological polar surface area (TPSA) is 91.2 Å². The molecule has 0 aromatic carbocycles. The summed E-state index contributed by atoms with van der Waals surface area (Å²) < 4.78 is 2.00. The van der Waals surface area contributed by atoms with Crippen molar-refractivity contribution in [2.24, 2.45) is 0 Å².